The molecule has 0 saturated carbocycles. The number of hydrogen-bond acceptors (Lipinski definition) is 4. The van der Waals surface area contributed by atoms with E-state index in [1.807, 2.05) is 36.4 Å². The highest BCUT2D eigenvalue weighted by atomic mass is 35.5. The summed E-state index contributed by atoms with van der Waals surface area (Å²) in [7, 11) is 0. The molecular formula is C22H16Cl2N4O. The van der Waals surface area contributed by atoms with Crippen LogP contribution in [0.4, 0.5) is 22.7 Å². The molecule has 3 aromatic rings. The zero-order valence-corrected chi connectivity index (χ0v) is 16.7. The van der Waals surface area contributed by atoms with E-state index in [1.165, 1.54) is 6.20 Å². The van der Waals surface area contributed by atoms with Gasteiger partial charge in [-0.2, -0.15) is 5.26 Å². The lowest BCUT2D eigenvalue weighted by Crippen LogP contribution is -2.18. The van der Waals surface area contributed by atoms with Crippen LogP contribution in [0.15, 0.2) is 84.6 Å². The molecule has 0 fully saturated rings. The SMILES string of the molecule is N#C/C(=C/N(c1ccccc1)c1ccc(N)cc1)C(=O)Nc1cccc(Cl)c1Cl. The predicted molar refractivity (Wildman–Crippen MR) is 118 cm³/mol. The number of hydrogen-bond donors (Lipinski definition) is 2. The first-order chi connectivity index (χ1) is 14.0. The minimum absolute atomic E-state index is 0.110. The highest BCUT2D eigenvalue weighted by Crippen LogP contribution is 2.30. The topological polar surface area (TPSA) is 82.2 Å². The number of carbonyl (C=O) groups is 1. The number of nitrogens with zero attached hydrogens (tertiary/aromatic N) is 2. The molecule has 0 bridgehead atoms. The normalized spacial score (nSPS) is 10.9. The molecule has 0 aliphatic carbocycles. The van der Waals surface area contributed by atoms with Gasteiger partial charge in [0.25, 0.3) is 5.91 Å². The van der Waals surface area contributed by atoms with Gasteiger partial charge >= 0.3 is 0 Å². The zero-order chi connectivity index (χ0) is 20.8. The van der Waals surface area contributed by atoms with E-state index in [4.69, 9.17) is 28.9 Å². The van der Waals surface area contributed by atoms with E-state index in [-0.39, 0.29) is 10.6 Å². The molecule has 7 heteroatoms. The lowest BCUT2D eigenvalue weighted by Gasteiger charge is -2.21. The Morgan fingerprint density at radius 1 is 0.966 bits per heavy atom. The van der Waals surface area contributed by atoms with E-state index in [9.17, 15) is 10.1 Å². The third-order valence-corrected chi connectivity index (χ3v) is 4.85. The maximum absolute atomic E-state index is 12.7. The Kier molecular flexibility index (Phi) is 6.40. The number of halogens is 2. The van der Waals surface area contributed by atoms with Crippen molar-refractivity contribution in [2.24, 2.45) is 0 Å². The van der Waals surface area contributed by atoms with Crippen molar-refractivity contribution in [1.82, 2.24) is 0 Å². The fourth-order valence-corrected chi connectivity index (χ4v) is 2.93. The Bertz CT molecular complexity index is 1090. The van der Waals surface area contributed by atoms with Crippen LogP contribution in [-0.4, -0.2) is 5.91 Å². The molecule has 0 unspecified atom stereocenters. The van der Waals surface area contributed by atoms with Crippen LogP contribution in [-0.2, 0) is 4.79 Å². The Hall–Kier alpha value is -3.46. The van der Waals surface area contributed by atoms with Crippen LogP contribution >= 0.6 is 23.2 Å². The second-order valence-electron chi connectivity index (χ2n) is 6.01. The standard InChI is InChI=1S/C22H16Cl2N4O/c23-19-7-4-8-20(21(19)24)27-22(29)15(13-25)14-28(17-5-2-1-3-6-17)18-11-9-16(26)10-12-18/h1-12,14H,26H2,(H,27,29)/b15-14-. The van der Waals surface area contributed by atoms with E-state index >= 15 is 0 Å². The van der Waals surface area contributed by atoms with Crippen molar-refractivity contribution >= 4 is 51.9 Å². The second kappa shape index (κ2) is 9.16. The fourth-order valence-electron chi connectivity index (χ4n) is 2.58. The number of carbonyl (C=O) groups excluding carboxylic acids is 1. The maximum atomic E-state index is 12.7. The molecule has 29 heavy (non-hydrogen) atoms. The summed E-state index contributed by atoms with van der Waals surface area (Å²) in [4.78, 5) is 14.4. The fraction of sp³-hybridized carbons (Fsp3) is 0. The van der Waals surface area contributed by atoms with Crippen molar-refractivity contribution in [1.29, 1.82) is 5.26 Å². The van der Waals surface area contributed by atoms with Gasteiger partial charge in [0.2, 0.25) is 0 Å². The number of anilines is 4. The molecule has 0 saturated heterocycles. The van der Waals surface area contributed by atoms with E-state index in [2.05, 4.69) is 5.32 Å². The minimum Gasteiger partial charge on any atom is -0.399 e. The Balaban J connectivity index is 1.98. The summed E-state index contributed by atoms with van der Waals surface area (Å²) in [5.41, 5.74) is 8.12. The number of para-hydroxylation sites is 1. The van der Waals surface area contributed by atoms with Crippen molar-refractivity contribution in [2.75, 3.05) is 16.0 Å². The van der Waals surface area contributed by atoms with Gasteiger partial charge in [0.15, 0.2) is 0 Å². The van der Waals surface area contributed by atoms with Gasteiger partial charge in [0, 0.05) is 23.3 Å². The molecular weight excluding hydrogens is 407 g/mol. The smallest absolute Gasteiger partial charge is 0.267 e. The van der Waals surface area contributed by atoms with Crippen LogP contribution in [0.1, 0.15) is 0 Å². The summed E-state index contributed by atoms with van der Waals surface area (Å²) in [5, 5.41) is 12.7. The summed E-state index contributed by atoms with van der Waals surface area (Å²) >= 11 is 12.1. The van der Waals surface area contributed by atoms with Gasteiger partial charge in [-0.25, -0.2) is 0 Å². The molecule has 144 valence electrons. The van der Waals surface area contributed by atoms with Crippen LogP contribution in [0.5, 0.6) is 0 Å². The molecule has 1 amide bonds. The van der Waals surface area contributed by atoms with Crippen molar-refractivity contribution < 1.29 is 4.79 Å². The Morgan fingerprint density at radius 2 is 1.62 bits per heavy atom. The van der Waals surface area contributed by atoms with E-state index in [0.717, 1.165) is 11.4 Å². The largest absolute Gasteiger partial charge is 0.399 e. The molecule has 0 radical (unpaired) electrons. The molecule has 0 atom stereocenters. The molecule has 0 spiro atoms. The molecule has 3 N–H and O–H groups in total. The molecule has 0 aliphatic heterocycles. The first-order valence-electron chi connectivity index (χ1n) is 8.56. The first-order valence-corrected chi connectivity index (χ1v) is 9.32. The highest BCUT2D eigenvalue weighted by molar-refractivity contribution is 6.44. The number of benzene rings is 3. The maximum Gasteiger partial charge on any atom is 0.267 e. The van der Waals surface area contributed by atoms with Gasteiger partial charge in [-0.05, 0) is 48.5 Å². The summed E-state index contributed by atoms with van der Waals surface area (Å²) in [6, 6.07) is 23.3. The number of nitriles is 1. The molecule has 3 rings (SSSR count). The number of nitrogens with two attached hydrogens (primary N) is 1. The number of nitrogens with one attached hydrogen (secondary N) is 1. The van der Waals surface area contributed by atoms with Gasteiger partial charge in [-0.1, -0.05) is 47.5 Å². The highest BCUT2D eigenvalue weighted by Gasteiger charge is 2.16. The van der Waals surface area contributed by atoms with Crippen LogP contribution in [0.2, 0.25) is 10.0 Å². The molecule has 0 aromatic heterocycles. The van der Waals surface area contributed by atoms with Crippen LogP contribution in [0.3, 0.4) is 0 Å². The van der Waals surface area contributed by atoms with E-state index < -0.39 is 5.91 Å². The van der Waals surface area contributed by atoms with Crippen molar-refractivity contribution in [2.45, 2.75) is 0 Å². The summed E-state index contributed by atoms with van der Waals surface area (Å²) in [6.07, 6.45) is 1.47. The lowest BCUT2D eigenvalue weighted by molar-refractivity contribution is -0.112. The Morgan fingerprint density at radius 3 is 2.28 bits per heavy atom. The number of amides is 1. The van der Waals surface area contributed by atoms with Crippen LogP contribution in [0.25, 0.3) is 0 Å². The molecule has 5 nitrogen and oxygen atoms in total. The average molecular weight is 423 g/mol. The zero-order valence-electron chi connectivity index (χ0n) is 15.1. The van der Waals surface area contributed by atoms with Gasteiger partial charge in [-0.3, -0.25) is 4.79 Å². The second-order valence-corrected chi connectivity index (χ2v) is 6.79. The van der Waals surface area contributed by atoms with Gasteiger partial charge in [0.1, 0.15) is 11.6 Å². The summed E-state index contributed by atoms with van der Waals surface area (Å²) in [5.74, 6) is -0.604. The van der Waals surface area contributed by atoms with Crippen LogP contribution < -0.4 is 16.0 Å². The van der Waals surface area contributed by atoms with E-state index in [1.54, 1.807) is 47.4 Å². The van der Waals surface area contributed by atoms with Gasteiger partial charge < -0.3 is 16.0 Å². The Labute approximate surface area is 178 Å². The third-order valence-electron chi connectivity index (χ3n) is 4.03. The van der Waals surface area contributed by atoms with Crippen molar-refractivity contribution in [3.05, 3.63) is 94.6 Å². The third kappa shape index (κ3) is 4.88. The quantitative estimate of drug-likeness (QED) is 0.311. The van der Waals surface area contributed by atoms with Gasteiger partial charge in [-0.15, -0.1) is 0 Å². The summed E-state index contributed by atoms with van der Waals surface area (Å²) in [6.45, 7) is 0. The molecule has 0 heterocycles. The van der Waals surface area contributed by atoms with Crippen molar-refractivity contribution in [3.8, 4) is 6.07 Å². The average Bonchev–Trinajstić information content (AvgIpc) is 2.74. The van der Waals surface area contributed by atoms with Crippen LogP contribution in [0, 0.1) is 11.3 Å². The van der Waals surface area contributed by atoms with Crippen molar-refractivity contribution in [3.63, 3.8) is 0 Å². The van der Waals surface area contributed by atoms with E-state index in [0.29, 0.717) is 16.4 Å². The summed E-state index contributed by atoms with van der Waals surface area (Å²) < 4.78 is 0. The lowest BCUT2D eigenvalue weighted by atomic mass is 10.2. The minimum atomic E-state index is -0.604. The molecule has 0 aliphatic rings. The number of rotatable bonds is 5. The predicted octanol–water partition coefficient (Wildman–Crippen LogP) is 5.76. The van der Waals surface area contributed by atoms with Gasteiger partial charge in [0.05, 0.1) is 15.7 Å². The molecule has 3 aromatic carbocycles. The number of nitrogen functional groups attached to an aromatic ring is 1. The first kappa shape index (κ1) is 20.3. The monoisotopic (exact) mass is 422 g/mol.